The summed E-state index contributed by atoms with van der Waals surface area (Å²) in [6.45, 7) is 2.03. The molecule has 8 nitrogen and oxygen atoms in total. The van der Waals surface area contributed by atoms with E-state index in [2.05, 4.69) is 5.32 Å². The third-order valence-corrected chi connectivity index (χ3v) is 5.47. The quantitative estimate of drug-likeness (QED) is 0.863. The molecule has 3 aliphatic rings. The summed E-state index contributed by atoms with van der Waals surface area (Å²) in [5.41, 5.74) is 0.228. The summed E-state index contributed by atoms with van der Waals surface area (Å²) in [6.07, 6.45) is 2.06. The smallest absolute Gasteiger partial charge is 0.407 e. The number of alkyl carbamates (subject to hydrolysis) is 1. The molecule has 2 fully saturated rings. The average Bonchev–Trinajstić information content (AvgIpc) is 2.91. The Morgan fingerprint density at radius 3 is 2.85 bits per heavy atom. The molecule has 4 rings (SSSR count). The fourth-order valence-electron chi connectivity index (χ4n) is 3.96. The van der Waals surface area contributed by atoms with Gasteiger partial charge in [-0.05, 0) is 25.0 Å². The Morgan fingerprint density at radius 1 is 1.19 bits per heavy atom. The van der Waals surface area contributed by atoms with Crippen LogP contribution in [0.15, 0.2) is 24.3 Å². The summed E-state index contributed by atoms with van der Waals surface area (Å²) in [4.78, 5) is 39.8. The van der Waals surface area contributed by atoms with Gasteiger partial charge in [-0.25, -0.2) is 4.79 Å². The van der Waals surface area contributed by atoms with Crippen molar-refractivity contribution < 1.29 is 23.9 Å². The number of hydrogen-bond donors (Lipinski definition) is 1. The standard InChI is InChI=1S/C19H23N3O5/c23-16(21-9-3-7-19(8-11-21)13-20-18(25)27-19)6-10-22-14-4-1-2-5-15(14)26-12-17(22)24/h1-2,4-5H,3,6-13H2,(H,20,25)/t19-/m0/s1. The lowest BCUT2D eigenvalue weighted by molar-refractivity contribution is -0.131. The molecule has 0 bridgehead atoms. The predicted octanol–water partition coefficient (Wildman–Crippen LogP) is 1.29. The minimum absolute atomic E-state index is 0.00416. The van der Waals surface area contributed by atoms with Crippen molar-refractivity contribution in [3.63, 3.8) is 0 Å². The molecule has 3 heterocycles. The van der Waals surface area contributed by atoms with E-state index in [0.29, 0.717) is 44.0 Å². The molecule has 1 spiro atoms. The second-order valence-electron chi connectivity index (χ2n) is 7.21. The normalized spacial score (nSPS) is 24.7. The molecule has 1 atom stereocenters. The van der Waals surface area contributed by atoms with E-state index in [1.165, 1.54) is 0 Å². The lowest BCUT2D eigenvalue weighted by Gasteiger charge is -2.30. The topological polar surface area (TPSA) is 88.2 Å². The summed E-state index contributed by atoms with van der Waals surface area (Å²) in [5, 5.41) is 2.71. The van der Waals surface area contributed by atoms with Crippen LogP contribution in [0.2, 0.25) is 0 Å². The number of nitrogens with one attached hydrogen (secondary N) is 1. The van der Waals surface area contributed by atoms with Crippen LogP contribution in [-0.4, -0.2) is 61.2 Å². The van der Waals surface area contributed by atoms with Gasteiger partial charge in [-0.3, -0.25) is 9.59 Å². The van der Waals surface area contributed by atoms with Gasteiger partial charge in [0.25, 0.3) is 5.91 Å². The van der Waals surface area contributed by atoms with Crippen molar-refractivity contribution in [2.45, 2.75) is 31.3 Å². The fourth-order valence-corrected chi connectivity index (χ4v) is 3.96. The third kappa shape index (κ3) is 3.56. The Hall–Kier alpha value is -2.77. The molecule has 0 aliphatic carbocycles. The van der Waals surface area contributed by atoms with Crippen molar-refractivity contribution in [3.05, 3.63) is 24.3 Å². The van der Waals surface area contributed by atoms with E-state index in [9.17, 15) is 14.4 Å². The van der Waals surface area contributed by atoms with Crippen molar-refractivity contribution in [1.29, 1.82) is 0 Å². The van der Waals surface area contributed by atoms with Gasteiger partial charge in [-0.2, -0.15) is 0 Å². The maximum Gasteiger partial charge on any atom is 0.407 e. The highest BCUT2D eigenvalue weighted by molar-refractivity contribution is 5.98. The van der Waals surface area contributed by atoms with Crippen molar-refractivity contribution in [1.82, 2.24) is 10.2 Å². The van der Waals surface area contributed by atoms with Crippen molar-refractivity contribution >= 4 is 23.6 Å². The lowest BCUT2D eigenvalue weighted by atomic mass is 9.95. The number of anilines is 1. The first-order valence-electron chi connectivity index (χ1n) is 9.33. The largest absolute Gasteiger partial charge is 0.482 e. The van der Waals surface area contributed by atoms with Gasteiger partial charge in [-0.1, -0.05) is 12.1 Å². The van der Waals surface area contributed by atoms with Gasteiger partial charge in [0.15, 0.2) is 6.61 Å². The second kappa shape index (κ2) is 7.09. The van der Waals surface area contributed by atoms with Gasteiger partial charge < -0.3 is 24.6 Å². The van der Waals surface area contributed by atoms with Crippen molar-refractivity contribution in [3.8, 4) is 5.75 Å². The van der Waals surface area contributed by atoms with E-state index >= 15 is 0 Å². The van der Waals surface area contributed by atoms with Crippen LogP contribution in [0, 0.1) is 0 Å². The van der Waals surface area contributed by atoms with Crippen LogP contribution >= 0.6 is 0 Å². The first-order valence-corrected chi connectivity index (χ1v) is 9.33. The molecule has 8 heteroatoms. The molecule has 1 aromatic rings. The number of nitrogens with zero attached hydrogens (tertiary/aromatic N) is 2. The van der Waals surface area contributed by atoms with E-state index in [0.717, 1.165) is 12.8 Å². The molecule has 2 saturated heterocycles. The van der Waals surface area contributed by atoms with Gasteiger partial charge >= 0.3 is 6.09 Å². The van der Waals surface area contributed by atoms with Gasteiger partial charge in [0.2, 0.25) is 5.91 Å². The number of para-hydroxylation sites is 2. The van der Waals surface area contributed by atoms with Crippen LogP contribution in [0.5, 0.6) is 5.75 Å². The number of fused-ring (bicyclic) bond motifs is 1. The monoisotopic (exact) mass is 373 g/mol. The van der Waals surface area contributed by atoms with Gasteiger partial charge in [-0.15, -0.1) is 0 Å². The van der Waals surface area contributed by atoms with Crippen LogP contribution in [-0.2, 0) is 14.3 Å². The molecule has 1 N–H and O–H groups in total. The fraction of sp³-hybridized carbons (Fsp3) is 0.526. The Kier molecular flexibility index (Phi) is 4.63. The van der Waals surface area contributed by atoms with Crippen molar-refractivity contribution in [2.75, 3.05) is 37.7 Å². The Labute approximate surface area is 157 Å². The Bertz CT molecular complexity index is 767. The van der Waals surface area contributed by atoms with E-state index in [-0.39, 0.29) is 30.9 Å². The van der Waals surface area contributed by atoms with Crippen LogP contribution in [0.3, 0.4) is 0 Å². The molecule has 144 valence electrons. The van der Waals surface area contributed by atoms with Crippen LogP contribution in [0.1, 0.15) is 25.7 Å². The van der Waals surface area contributed by atoms with E-state index in [4.69, 9.17) is 9.47 Å². The summed E-state index contributed by atoms with van der Waals surface area (Å²) in [5.74, 6) is 0.540. The number of ether oxygens (including phenoxy) is 2. The Balaban J connectivity index is 1.36. The molecule has 0 aromatic heterocycles. The van der Waals surface area contributed by atoms with Crippen LogP contribution in [0.4, 0.5) is 10.5 Å². The van der Waals surface area contributed by atoms with E-state index < -0.39 is 5.60 Å². The zero-order valence-corrected chi connectivity index (χ0v) is 15.1. The number of rotatable bonds is 3. The summed E-state index contributed by atoms with van der Waals surface area (Å²) in [7, 11) is 0. The highest BCUT2D eigenvalue weighted by Crippen LogP contribution is 2.32. The number of amides is 3. The molecule has 0 unspecified atom stereocenters. The maximum atomic E-state index is 12.7. The highest BCUT2D eigenvalue weighted by atomic mass is 16.6. The van der Waals surface area contributed by atoms with Crippen LogP contribution < -0.4 is 15.0 Å². The number of carbonyl (C=O) groups excluding carboxylic acids is 3. The molecular formula is C19H23N3O5. The first kappa shape index (κ1) is 17.6. The number of likely N-dealkylation sites (tertiary alicyclic amines) is 1. The number of carbonyl (C=O) groups is 3. The molecule has 0 radical (unpaired) electrons. The summed E-state index contributed by atoms with van der Waals surface area (Å²) in [6, 6.07) is 7.35. The molecule has 27 heavy (non-hydrogen) atoms. The van der Waals surface area contributed by atoms with Gasteiger partial charge in [0, 0.05) is 32.5 Å². The SMILES string of the molecule is O=C1NC[C@@]2(CCCN(C(=O)CCN3C(=O)COc4ccccc43)CC2)O1. The zero-order chi connectivity index (χ0) is 18.9. The van der Waals surface area contributed by atoms with Gasteiger partial charge in [0.05, 0.1) is 12.2 Å². The minimum Gasteiger partial charge on any atom is -0.482 e. The molecule has 3 aliphatic heterocycles. The zero-order valence-electron chi connectivity index (χ0n) is 15.1. The third-order valence-electron chi connectivity index (χ3n) is 5.47. The van der Waals surface area contributed by atoms with Crippen molar-refractivity contribution in [2.24, 2.45) is 0 Å². The average molecular weight is 373 g/mol. The van der Waals surface area contributed by atoms with Gasteiger partial charge in [0.1, 0.15) is 11.4 Å². The van der Waals surface area contributed by atoms with Crippen LogP contribution in [0.25, 0.3) is 0 Å². The highest BCUT2D eigenvalue weighted by Gasteiger charge is 2.41. The Morgan fingerprint density at radius 2 is 2.04 bits per heavy atom. The van der Waals surface area contributed by atoms with E-state index in [1.54, 1.807) is 4.90 Å². The lowest BCUT2D eigenvalue weighted by Crippen LogP contribution is -2.42. The van der Waals surface area contributed by atoms with E-state index in [1.807, 2.05) is 29.2 Å². The summed E-state index contributed by atoms with van der Waals surface area (Å²) >= 11 is 0. The predicted molar refractivity (Wildman–Crippen MR) is 96.6 cm³/mol. The molecule has 0 saturated carbocycles. The number of hydrogen-bond acceptors (Lipinski definition) is 5. The molecular weight excluding hydrogens is 350 g/mol. The second-order valence-corrected chi connectivity index (χ2v) is 7.21. The first-order chi connectivity index (χ1) is 13.1. The molecule has 3 amide bonds. The summed E-state index contributed by atoms with van der Waals surface area (Å²) < 4.78 is 10.9. The maximum absolute atomic E-state index is 12.7. The minimum atomic E-state index is -0.481. The number of benzene rings is 1. The molecule has 1 aromatic carbocycles.